The molecule has 0 unspecified atom stereocenters. The second-order valence-electron chi connectivity index (χ2n) is 6.09. The number of carbonyl (C=O) groups is 1. The molecule has 28 heavy (non-hydrogen) atoms. The molecule has 0 aliphatic rings. The zero-order valence-corrected chi connectivity index (χ0v) is 17.4. The van der Waals surface area contributed by atoms with E-state index in [0.29, 0.717) is 10.9 Å². The quantitative estimate of drug-likeness (QED) is 0.516. The number of hydrogen-bond acceptors (Lipinski definition) is 8. The summed E-state index contributed by atoms with van der Waals surface area (Å²) < 4.78 is 30.4. The van der Waals surface area contributed by atoms with E-state index in [0.717, 1.165) is 31.7 Å². The molecule has 4 rings (SSSR count). The minimum absolute atomic E-state index is 0.197. The SMILES string of the molecule is Cc1nc2c(ccc3nc(NC(=O)COc4ccc(S(C)(=O)=O)cc4)sc32)s1. The van der Waals surface area contributed by atoms with Crippen LogP contribution in [0.5, 0.6) is 5.75 Å². The van der Waals surface area contributed by atoms with E-state index in [4.69, 9.17) is 4.74 Å². The Kier molecular flexibility index (Phi) is 4.77. The zero-order chi connectivity index (χ0) is 19.9. The third kappa shape index (κ3) is 3.84. The Morgan fingerprint density at radius 2 is 1.86 bits per heavy atom. The van der Waals surface area contributed by atoms with Crippen LogP contribution in [0.3, 0.4) is 0 Å². The van der Waals surface area contributed by atoms with Crippen molar-refractivity contribution in [3.05, 3.63) is 41.4 Å². The molecule has 0 saturated carbocycles. The molecule has 0 saturated heterocycles. The summed E-state index contributed by atoms with van der Waals surface area (Å²) in [4.78, 5) is 21.4. The Morgan fingerprint density at radius 3 is 2.57 bits per heavy atom. The molecule has 0 fully saturated rings. The molecule has 0 aliphatic heterocycles. The van der Waals surface area contributed by atoms with Gasteiger partial charge in [-0.2, -0.15) is 0 Å². The van der Waals surface area contributed by atoms with Gasteiger partial charge in [0.1, 0.15) is 11.3 Å². The molecule has 2 heterocycles. The number of aryl methyl sites for hydroxylation is 1. The molecule has 7 nitrogen and oxygen atoms in total. The zero-order valence-electron chi connectivity index (χ0n) is 14.9. The minimum Gasteiger partial charge on any atom is -0.484 e. The maximum absolute atomic E-state index is 12.2. The van der Waals surface area contributed by atoms with Crippen LogP contribution in [0.25, 0.3) is 20.4 Å². The first-order valence-corrected chi connectivity index (χ1v) is 11.7. The molecule has 1 amide bonds. The standard InChI is InChI=1S/C18H15N3O4S3/c1-10-19-16-14(26-10)8-7-13-17(16)27-18(20-13)21-15(22)9-25-11-3-5-12(6-4-11)28(2,23)24/h3-8H,9H2,1-2H3,(H,20,21,22). The van der Waals surface area contributed by atoms with Crippen LogP contribution in [0, 0.1) is 6.92 Å². The van der Waals surface area contributed by atoms with Gasteiger partial charge in [0, 0.05) is 6.26 Å². The summed E-state index contributed by atoms with van der Waals surface area (Å²) >= 11 is 2.99. The number of thiazole rings is 2. The van der Waals surface area contributed by atoms with Gasteiger partial charge in [0.2, 0.25) is 0 Å². The van der Waals surface area contributed by atoms with Gasteiger partial charge in [-0.1, -0.05) is 11.3 Å². The number of rotatable bonds is 5. The predicted octanol–water partition coefficient (Wildman–Crippen LogP) is 3.64. The van der Waals surface area contributed by atoms with E-state index in [9.17, 15) is 13.2 Å². The van der Waals surface area contributed by atoms with E-state index in [1.807, 2.05) is 19.1 Å². The summed E-state index contributed by atoms with van der Waals surface area (Å²) in [6.45, 7) is 1.75. The van der Waals surface area contributed by atoms with Gasteiger partial charge >= 0.3 is 0 Å². The first-order chi connectivity index (χ1) is 13.3. The van der Waals surface area contributed by atoms with Crippen molar-refractivity contribution in [2.24, 2.45) is 0 Å². The van der Waals surface area contributed by atoms with E-state index in [1.165, 1.54) is 35.6 Å². The van der Waals surface area contributed by atoms with Crippen LogP contribution < -0.4 is 10.1 Å². The van der Waals surface area contributed by atoms with E-state index < -0.39 is 9.84 Å². The number of nitrogens with zero attached hydrogens (tertiary/aromatic N) is 2. The van der Waals surface area contributed by atoms with Crippen molar-refractivity contribution >= 4 is 64.0 Å². The van der Waals surface area contributed by atoms with E-state index in [2.05, 4.69) is 15.3 Å². The molecule has 0 aliphatic carbocycles. The Balaban J connectivity index is 1.44. The fourth-order valence-electron chi connectivity index (χ4n) is 2.63. The van der Waals surface area contributed by atoms with Gasteiger partial charge in [-0.15, -0.1) is 11.3 Å². The largest absolute Gasteiger partial charge is 0.484 e. The summed E-state index contributed by atoms with van der Waals surface area (Å²) in [6.07, 6.45) is 1.13. The van der Waals surface area contributed by atoms with Crippen LogP contribution in [-0.2, 0) is 14.6 Å². The van der Waals surface area contributed by atoms with Gasteiger partial charge in [0.05, 0.1) is 24.8 Å². The maximum atomic E-state index is 12.2. The molecule has 10 heteroatoms. The monoisotopic (exact) mass is 433 g/mol. The molecule has 1 N–H and O–H groups in total. The van der Waals surface area contributed by atoms with Gasteiger partial charge in [-0.3, -0.25) is 10.1 Å². The summed E-state index contributed by atoms with van der Waals surface area (Å²) in [5.74, 6) is 0.0588. The highest BCUT2D eigenvalue weighted by atomic mass is 32.2. The van der Waals surface area contributed by atoms with Crippen molar-refractivity contribution in [1.29, 1.82) is 0 Å². The van der Waals surface area contributed by atoms with Crippen LogP contribution in [0.15, 0.2) is 41.3 Å². The first-order valence-electron chi connectivity index (χ1n) is 8.19. The molecule has 0 spiro atoms. The lowest BCUT2D eigenvalue weighted by molar-refractivity contribution is -0.118. The number of hydrogen-bond donors (Lipinski definition) is 1. The van der Waals surface area contributed by atoms with E-state index in [1.54, 1.807) is 11.3 Å². The highest BCUT2D eigenvalue weighted by Crippen LogP contribution is 2.34. The Labute approximate surface area is 168 Å². The van der Waals surface area contributed by atoms with Gasteiger partial charge in [0.25, 0.3) is 5.91 Å². The van der Waals surface area contributed by atoms with Gasteiger partial charge < -0.3 is 4.74 Å². The number of carbonyl (C=O) groups excluding carboxylic acids is 1. The lowest BCUT2D eigenvalue weighted by Crippen LogP contribution is -2.20. The van der Waals surface area contributed by atoms with Crippen molar-refractivity contribution in [2.75, 3.05) is 18.2 Å². The lowest BCUT2D eigenvalue weighted by atomic mass is 10.3. The normalized spacial score (nSPS) is 11.8. The van der Waals surface area contributed by atoms with Crippen LogP contribution in [0.2, 0.25) is 0 Å². The fourth-order valence-corrected chi connectivity index (χ4v) is 5.13. The van der Waals surface area contributed by atoms with Crippen molar-refractivity contribution < 1.29 is 17.9 Å². The highest BCUT2D eigenvalue weighted by molar-refractivity contribution is 7.90. The van der Waals surface area contributed by atoms with Crippen LogP contribution in [-0.4, -0.2) is 37.2 Å². The number of ether oxygens (including phenoxy) is 1. The molecular weight excluding hydrogens is 418 g/mol. The summed E-state index contributed by atoms with van der Waals surface area (Å²) in [6, 6.07) is 9.82. The fraction of sp³-hybridized carbons (Fsp3) is 0.167. The molecule has 144 valence electrons. The van der Waals surface area contributed by atoms with Crippen molar-refractivity contribution in [2.45, 2.75) is 11.8 Å². The third-order valence-electron chi connectivity index (χ3n) is 3.89. The molecule has 2 aromatic heterocycles. The summed E-state index contributed by atoms with van der Waals surface area (Å²) in [5.41, 5.74) is 1.69. The van der Waals surface area contributed by atoms with Gasteiger partial charge in [-0.25, -0.2) is 18.4 Å². The van der Waals surface area contributed by atoms with E-state index >= 15 is 0 Å². The number of benzene rings is 2. The first kappa shape index (κ1) is 18.8. The smallest absolute Gasteiger partial charge is 0.264 e. The lowest BCUT2D eigenvalue weighted by Gasteiger charge is -2.06. The number of sulfone groups is 1. The minimum atomic E-state index is -3.26. The summed E-state index contributed by atoms with van der Waals surface area (Å²) in [5, 5.41) is 4.20. The van der Waals surface area contributed by atoms with Crippen LogP contribution >= 0.6 is 22.7 Å². The van der Waals surface area contributed by atoms with Crippen molar-refractivity contribution in [1.82, 2.24) is 9.97 Å². The third-order valence-corrected chi connectivity index (χ3v) is 6.95. The van der Waals surface area contributed by atoms with Crippen LogP contribution in [0.4, 0.5) is 5.13 Å². The highest BCUT2D eigenvalue weighted by Gasteiger charge is 2.13. The van der Waals surface area contributed by atoms with Crippen LogP contribution in [0.1, 0.15) is 5.01 Å². The number of aromatic nitrogens is 2. The van der Waals surface area contributed by atoms with Crippen molar-refractivity contribution in [3.63, 3.8) is 0 Å². The van der Waals surface area contributed by atoms with Gasteiger partial charge in [-0.05, 0) is 43.3 Å². The van der Waals surface area contributed by atoms with E-state index in [-0.39, 0.29) is 17.4 Å². The second-order valence-corrected chi connectivity index (χ2v) is 10.3. The summed E-state index contributed by atoms with van der Waals surface area (Å²) in [7, 11) is -3.26. The maximum Gasteiger partial charge on any atom is 0.264 e. The molecule has 0 bridgehead atoms. The number of amides is 1. The number of anilines is 1. The number of nitrogens with one attached hydrogen (secondary N) is 1. The molecule has 0 radical (unpaired) electrons. The molecule has 4 aromatic rings. The Bertz CT molecular complexity index is 1290. The average molecular weight is 434 g/mol. The predicted molar refractivity (Wildman–Crippen MR) is 111 cm³/mol. The molecular formula is C18H15N3O4S3. The topological polar surface area (TPSA) is 98.2 Å². The molecule has 0 atom stereocenters. The second kappa shape index (κ2) is 7.12. The van der Waals surface area contributed by atoms with Crippen molar-refractivity contribution in [3.8, 4) is 5.75 Å². The van der Waals surface area contributed by atoms with Gasteiger partial charge in [0.15, 0.2) is 21.6 Å². The number of fused-ring (bicyclic) bond motifs is 3. The molecule has 2 aromatic carbocycles. The average Bonchev–Trinajstić information content (AvgIpc) is 3.21. The Hall–Kier alpha value is -2.56. The Morgan fingerprint density at radius 1 is 1.11 bits per heavy atom.